The SMILES string of the molecule is CC1(O)CCCN(C(=O)c2cc([N+](=O)[O-])cc(Cl)c2Cl)C1. The molecule has 0 aliphatic carbocycles. The molecule has 2 rings (SSSR count). The molecule has 0 aromatic heterocycles. The smallest absolute Gasteiger partial charge is 0.271 e. The molecule has 8 heteroatoms. The fourth-order valence-electron chi connectivity index (χ4n) is 2.40. The Bertz CT molecular complexity index is 604. The summed E-state index contributed by atoms with van der Waals surface area (Å²) in [6.07, 6.45) is 1.25. The number of nitrogens with zero attached hydrogens (tertiary/aromatic N) is 2. The number of halogens is 2. The number of amides is 1. The third-order valence-corrected chi connectivity index (χ3v) is 4.22. The molecule has 0 bridgehead atoms. The van der Waals surface area contributed by atoms with Crippen molar-refractivity contribution >= 4 is 34.8 Å². The molecule has 1 aliphatic rings. The van der Waals surface area contributed by atoms with Crippen LogP contribution in [0.3, 0.4) is 0 Å². The molecule has 1 heterocycles. The van der Waals surface area contributed by atoms with Crippen LogP contribution in [0, 0.1) is 10.1 Å². The lowest BCUT2D eigenvalue weighted by molar-refractivity contribution is -0.384. The number of benzene rings is 1. The Morgan fingerprint density at radius 3 is 2.71 bits per heavy atom. The van der Waals surface area contributed by atoms with Crippen molar-refractivity contribution in [1.29, 1.82) is 0 Å². The lowest BCUT2D eigenvalue weighted by Crippen LogP contribution is -2.48. The Morgan fingerprint density at radius 2 is 2.14 bits per heavy atom. The first kappa shape index (κ1) is 16.0. The summed E-state index contributed by atoms with van der Waals surface area (Å²) in [7, 11) is 0. The van der Waals surface area contributed by atoms with Crippen molar-refractivity contribution in [3.05, 3.63) is 37.9 Å². The van der Waals surface area contributed by atoms with Gasteiger partial charge in [0.2, 0.25) is 0 Å². The molecule has 1 fully saturated rings. The van der Waals surface area contributed by atoms with E-state index < -0.39 is 16.4 Å². The molecule has 0 saturated carbocycles. The number of hydrogen-bond donors (Lipinski definition) is 1. The molecule has 0 radical (unpaired) electrons. The Labute approximate surface area is 131 Å². The van der Waals surface area contributed by atoms with Crippen LogP contribution in [0.5, 0.6) is 0 Å². The topological polar surface area (TPSA) is 83.7 Å². The van der Waals surface area contributed by atoms with Gasteiger partial charge in [-0.05, 0) is 19.8 Å². The second-order valence-corrected chi connectivity index (χ2v) is 6.16. The maximum absolute atomic E-state index is 12.5. The Morgan fingerprint density at radius 1 is 1.48 bits per heavy atom. The molecule has 1 aromatic carbocycles. The van der Waals surface area contributed by atoms with E-state index in [0.717, 1.165) is 12.1 Å². The summed E-state index contributed by atoms with van der Waals surface area (Å²) in [5.74, 6) is -0.467. The average Bonchev–Trinajstić information content (AvgIpc) is 2.39. The van der Waals surface area contributed by atoms with Crippen LogP contribution >= 0.6 is 23.2 Å². The standard InChI is InChI=1S/C13H14Cl2N2O4/c1-13(19)3-2-4-16(7-13)12(18)9-5-8(17(20)21)6-10(14)11(9)15/h5-6,19H,2-4,7H2,1H3. The fourth-order valence-corrected chi connectivity index (χ4v) is 2.80. The predicted molar refractivity (Wildman–Crippen MR) is 78.9 cm³/mol. The van der Waals surface area contributed by atoms with Crippen LogP contribution in [0.2, 0.25) is 10.0 Å². The first-order chi connectivity index (χ1) is 9.71. The second kappa shape index (κ2) is 5.79. The van der Waals surface area contributed by atoms with E-state index in [-0.39, 0.29) is 27.8 Å². The summed E-state index contributed by atoms with van der Waals surface area (Å²) in [6, 6.07) is 2.22. The zero-order valence-corrected chi connectivity index (χ0v) is 12.8. The van der Waals surface area contributed by atoms with Gasteiger partial charge in [-0.2, -0.15) is 0 Å². The molecule has 1 aliphatic heterocycles. The van der Waals surface area contributed by atoms with Crippen molar-refractivity contribution < 1.29 is 14.8 Å². The second-order valence-electron chi connectivity index (χ2n) is 5.37. The maximum Gasteiger partial charge on any atom is 0.271 e. The van der Waals surface area contributed by atoms with Crippen LogP contribution in [-0.4, -0.2) is 39.5 Å². The first-order valence-corrected chi connectivity index (χ1v) is 7.12. The highest BCUT2D eigenvalue weighted by atomic mass is 35.5. The van der Waals surface area contributed by atoms with E-state index in [1.54, 1.807) is 6.92 Å². The number of carbonyl (C=O) groups is 1. The Balaban J connectivity index is 2.36. The van der Waals surface area contributed by atoms with Gasteiger partial charge in [-0.3, -0.25) is 14.9 Å². The van der Waals surface area contributed by atoms with Crippen LogP contribution in [0.15, 0.2) is 12.1 Å². The summed E-state index contributed by atoms with van der Waals surface area (Å²) in [5.41, 5.74) is -1.28. The quantitative estimate of drug-likeness (QED) is 0.666. The van der Waals surface area contributed by atoms with Crippen molar-refractivity contribution in [3.8, 4) is 0 Å². The minimum absolute atomic E-state index is 0.0162. The number of aliphatic hydroxyl groups is 1. The summed E-state index contributed by atoms with van der Waals surface area (Å²) >= 11 is 11.8. The monoisotopic (exact) mass is 332 g/mol. The van der Waals surface area contributed by atoms with Crippen molar-refractivity contribution in [2.45, 2.75) is 25.4 Å². The van der Waals surface area contributed by atoms with Gasteiger partial charge in [-0.25, -0.2) is 0 Å². The zero-order chi connectivity index (χ0) is 15.8. The van der Waals surface area contributed by atoms with Crippen LogP contribution in [0.25, 0.3) is 0 Å². The van der Waals surface area contributed by atoms with Gasteiger partial charge in [0.25, 0.3) is 11.6 Å². The van der Waals surface area contributed by atoms with E-state index in [4.69, 9.17) is 23.2 Å². The van der Waals surface area contributed by atoms with Crippen LogP contribution in [0.4, 0.5) is 5.69 Å². The highest BCUT2D eigenvalue weighted by Gasteiger charge is 2.33. The third kappa shape index (κ3) is 3.45. The molecule has 21 heavy (non-hydrogen) atoms. The van der Waals surface area contributed by atoms with Gasteiger partial charge in [-0.1, -0.05) is 23.2 Å². The molecular formula is C13H14Cl2N2O4. The van der Waals surface area contributed by atoms with Crippen molar-refractivity contribution in [2.24, 2.45) is 0 Å². The number of β-amino-alcohol motifs (C(OH)–C–C–N with tert-alkyl or cyclic N) is 1. The van der Waals surface area contributed by atoms with Gasteiger partial charge in [0, 0.05) is 25.2 Å². The van der Waals surface area contributed by atoms with Gasteiger partial charge < -0.3 is 10.0 Å². The molecular weight excluding hydrogens is 319 g/mol. The van der Waals surface area contributed by atoms with Crippen molar-refractivity contribution in [2.75, 3.05) is 13.1 Å². The van der Waals surface area contributed by atoms with Crippen LogP contribution < -0.4 is 0 Å². The number of hydrogen-bond acceptors (Lipinski definition) is 4. The van der Waals surface area contributed by atoms with Gasteiger partial charge in [0.15, 0.2) is 0 Å². The number of piperidine rings is 1. The highest BCUT2D eigenvalue weighted by Crippen LogP contribution is 2.32. The zero-order valence-electron chi connectivity index (χ0n) is 11.3. The summed E-state index contributed by atoms with van der Waals surface area (Å²) in [6.45, 7) is 2.27. The average molecular weight is 333 g/mol. The first-order valence-electron chi connectivity index (χ1n) is 6.36. The van der Waals surface area contributed by atoms with Crippen molar-refractivity contribution in [3.63, 3.8) is 0 Å². The van der Waals surface area contributed by atoms with Gasteiger partial charge in [0.1, 0.15) is 0 Å². The fraction of sp³-hybridized carbons (Fsp3) is 0.462. The number of rotatable bonds is 2. The number of nitro groups is 1. The molecule has 1 aromatic rings. The Kier molecular flexibility index (Phi) is 4.41. The molecule has 114 valence electrons. The largest absolute Gasteiger partial charge is 0.388 e. The van der Waals surface area contributed by atoms with Gasteiger partial charge in [-0.15, -0.1) is 0 Å². The lowest BCUT2D eigenvalue weighted by Gasteiger charge is -2.37. The number of carbonyl (C=O) groups excluding carboxylic acids is 1. The predicted octanol–water partition coefficient (Wildman–Crippen LogP) is 2.89. The Hall–Kier alpha value is -1.37. The van der Waals surface area contributed by atoms with E-state index in [2.05, 4.69) is 0 Å². The molecule has 6 nitrogen and oxygen atoms in total. The van der Waals surface area contributed by atoms with E-state index in [1.165, 1.54) is 4.90 Å². The summed E-state index contributed by atoms with van der Waals surface area (Å²) in [5, 5.41) is 20.8. The third-order valence-electron chi connectivity index (χ3n) is 3.42. The molecule has 1 N–H and O–H groups in total. The van der Waals surface area contributed by atoms with Crippen LogP contribution in [-0.2, 0) is 0 Å². The van der Waals surface area contributed by atoms with Gasteiger partial charge >= 0.3 is 0 Å². The molecule has 1 unspecified atom stereocenters. The molecule has 1 atom stereocenters. The number of likely N-dealkylation sites (tertiary alicyclic amines) is 1. The molecule has 1 amide bonds. The van der Waals surface area contributed by atoms with E-state index in [1.807, 2.05) is 0 Å². The minimum Gasteiger partial charge on any atom is -0.388 e. The number of nitro benzene ring substituents is 1. The summed E-state index contributed by atoms with van der Waals surface area (Å²) in [4.78, 5) is 24.1. The van der Waals surface area contributed by atoms with E-state index >= 15 is 0 Å². The van der Waals surface area contributed by atoms with Crippen molar-refractivity contribution in [1.82, 2.24) is 4.90 Å². The maximum atomic E-state index is 12.5. The highest BCUT2D eigenvalue weighted by molar-refractivity contribution is 6.44. The van der Waals surface area contributed by atoms with Gasteiger partial charge in [0.05, 0.1) is 26.1 Å². The number of non-ortho nitro benzene ring substituents is 1. The van der Waals surface area contributed by atoms with E-state index in [9.17, 15) is 20.0 Å². The minimum atomic E-state index is -0.967. The summed E-state index contributed by atoms with van der Waals surface area (Å²) < 4.78 is 0. The lowest BCUT2D eigenvalue weighted by atomic mass is 9.94. The normalized spacial score (nSPS) is 22.2. The molecule has 0 spiro atoms. The van der Waals surface area contributed by atoms with E-state index in [0.29, 0.717) is 19.4 Å². The molecule has 1 saturated heterocycles. The van der Waals surface area contributed by atoms with Crippen LogP contribution in [0.1, 0.15) is 30.1 Å².